The van der Waals surface area contributed by atoms with Gasteiger partial charge in [0.25, 0.3) is 11.4 Å². The van der Waals surface area contributed by atoms with Gasteiger partial charge in [0.15, 0.2) is 0 Å². The number of benzene rings is 2. The van der Waals surface area contributed by atoms with Crippen LogP contribution >= 0.6 is 0 Å². The summed E-state index contributed by atoms with van der Waals surface area (Å²) in [4.78, 5) is 10.2. The maximum Gasteiger partial charge on any atom is 0.269 e. The SMILES string of the molecule is O=[N+]([O-])c1ccc(C#Cc2ccccc2-[n+]2cc([O-])on2)cc1. The molecular weight excluding hydrogens is 298 g/mol. The third-order valence-corrected chi connectivity index (χ3v) is 3.02. The van der Waals surface area contributed by atoms with Gasteiger partial charge in [-0.1, -0.05) is 24.0 Å². The highest BCUT2D eigenvalue weighted by atomic mass is 16.6. The van der Waals surface area contributed by atoms with Gasteiger partial charge < -0.3 is 9.63 Å². The minimum atomic E-state index is -0.553. The molecule has 1 heterocycles. The number of aromatic nitrogens is 2. The highest BCUT2D eigenvalue weighted by molar-refractivity contribution is 5.50. The Morgan fingerprint density at radius 3 is 2.48 bits per heavy atom. The maximum atomic E-state index is 11.1. The van der Waals surface area contributed by atoms with E-state index in [9.17, 15) is 15.2 Å². The van der Waals surface area contributed by atoms with Crippen LogP contribution in [-0.2, 0) is 0 Å². The fourth-order valence-electron chi connectivity index (χ4n) is 1.93. The van der Waals surface area contributed by atoms with E-state index >= 15 is 0 Å². The van der Waals surface area contributed by atoms with Crippen molar-refractivity contribution >= 4 is 5.69 Å². The van der Waals surface area contributed by atoms with Crippen molar-refractivity contribution < 1.29 is 19.2 Å². The molecule has 0 unspecified atom stereocenters. The summed E-state index contributed by atoms with van der Waals surface area (Å²) < 4.78 is 5.83. The van der Waals surface area contributed by atoms with Crippen molar-refractivity contribution in [1.82, 2.24) is 5.27 Å². The second-order valence-corrected chi connectivity index (χ2v) is 4.54. The molecule has 0 saturated heterocycles. The molecule has 0 saturated carbocycles. The zero-order chi connectivity index (χ0) is 16.2. The summed E-state index contributed by atoms with van der Waals surface area (Å²) >= 11 is 0. The Balaban J connectivity index is 1.94. The Bertz CT molecular complexity index is 920. The number of non-ortho nitro benzene ring substituents is 1. The van der Waals surface area contributed by atoms with Gasteiger partial charge in [0.2, 0.25) is 6.20 Å². The first kappa shape index (κ1) is 14.3. The molecule has 0 N–H and O–H groups in total. The molecule has 7 heteroatoms. The van der Waals surface area contributed by atoms with Crippen LogP contribution in [0, 0.1) is 22.0 Å². The molecule has 1 aromatic heterocycles. The smallest absolute Gasteiger partial charge is 0.269 e. The van der Waals surface area contributed by atoms with E-state index in [4.69, 9.17) is 0 Å². The Labute approximate surface area is 130 Å². The molecule has 3 rings (SSSR count). The molecular formula is C16H9N3O4. The van der Waals surface area contributed by atoms with E-state index in [1.54, 1.807) is 30.3 Å². The second kappa shape index (κ2) is 5.99. The van der Waals surface area contributed by atoms with E-state index in [2.05, 4.69) is 21.6 Å². The molecule has 0 aliphatic carbocycles. The summed E-state index contributed by atoms with van der Waals surface area (Å²) in [6.45, 7) is 0. The van der Waals surface area contributed by atoms with Crippen LogP contribution in [0.5, 0.6) is 5.95 Å². The van der Waals surface area contributed by atoms with Gasteiger partial charge in [-0.3, -0.25) is 10.1 Å². The second-order valence-electron chi connectivity index (χ2n) is 4.54. The van der Waals surface area contributed by atoms with Crippen LogP contribution in [0.2, 0.25) is 0 Å². The average Bonchev–Trinajstić information content (AvgIpc) is 3.00. The normalized spacial score (nSPS) is 9.91. The lowest BCUT2D eigenvalue weighted by atomic mass is 10.1. The van der Waals surface area contributed by atoms with E-state index < -0.39 is 10.9 Å². The van der Waals surface area contributed by atoms with Gasteiger partial charge in [0.1, 0.15) is 5.95 Å². The van der Waals surface area contributed by atoms with Gasteiger partial charge in [-0.25, -0.2) is 0 Å². The molecule has 3 aromatic rings. The number of nitro groups is 1. The van der Waals surface area contributed by atoms with Crippen molar-refractivity contribution in [3.05, 3.63) is 76.0 Å². The van der Waals surface area contributed by atoms with Crippen molar-refractivity contribution in [3.8, 4) is 23.5 Å². The summed E-state index contributed by atoms with van der Waals surface area (Å²) in [6.07, 6.45) is 1.21. The molecule has 0 aliphatic heterocycles. The lowest BCUT2D eigenvalue weighted by molar-refractivity contribution is -0.670. The van der Waals surface area contributed by atoms with Crippen molar-refractivity contribution in [2.75, 3.05) is 0 Å². The molecule has 0 fully saturated rings. The van der Waals surface area contributed by atoms with Crippen LogP contribution in [0.4, 0.5) is 5.69 Å². The lowest BCUT2D eigenvalue weighted by Gasteiger charge is -1.94. The molecule has 0 spiro atoms. The number of nitrogens with zero attached hydrogens (tertiary/aromatic N) is 3. The minimum Gasteiger partial charge on any atom is -0.539 e. The van der Waals surface area contributed by atoms with Crippen molar-refractivity contribution in [3.63, 3.8) is 0 Å². The van der Waals surface area contributed by atoms with Crippen molar-refractivity contribution in [1.29, 1.82) is 0 Å². The molecule has 112 valence electrons. The zero-order valence-electron chi connectivity index (χ0n) is 11.7. The minimum absolute atomic E-state index is 0.0112. The predicted molar refractivity (Wildman–Crippen MR) is 76.6 cm³/mol. The third kappa shape index (κ3) is 3.16. The molecule has 0 aliphatic rings. The van der Waals surface area contributed by atoms with Gasteiger partial charge in [0, 0.05) is 23.8 Å². The highest BCUT2D eigenvalue weighted by Crippen LogP contribution is 2.12. The van der Waals surface area contributed by atoms with Gasteiger partial charge in [-0.05, 0) is 22.9 Å². The fraction of sp³-hybridized carbons (Fsp3) is 0. The monoisotopic (exact) mass is 307 g/mol. The number of hydrogen-bond acceptors (Lipinski definition) is 5. The maximum absolute atomic E-state index is 11.1. The summed E-state index contributed by atoms with van der Waals surface area (Å²) in [5, 5.41) is 25.3. The van der Waals surface area contributed by atoms with Crippen molar-refractivity contribution in [2.24, 2.45) is 0 Å². The molecule has 7 nitrogen and oxygen atoms in total. The predicted octanol–water partition coefficient (Wildman–Crippen LogP) is 1.33. The van der Waals surface area contributed by atoms with Gasteiger partial charge >= 0.3 is 0 Å². The number of para-hydroxylation sites is 1. The highest BCUT2D eigenvalue weighted by Gasteiger charge is 2.13. The summed E-state index contributed by atoms with van der Waals surface area (Å²) in [5.41, 5.74) is 1.90. The molecule has 0 bridgehead atoms. The largest absolute Gasteiger partial charge is 0.539 e. The van der Waals surface area contributed by atoms with Gasteiger partial charge in [-0.15, -0.1) is 0 Å². The summed E-state index contributed by atoms with van der Waals surface area (Å²) in [6, 6.07) is 13.1. The van der Waals surface area contributed by atoms with Crippen LogP contribution in [0.15, 0.2) is 59.3 Å². The van der Waals surface area contributed by atoms with E-state index in [-0.39, 0.29) is 5.69 Å². The zero-order valence-corrected chi connectivity index (χ0v) is 11.7. The fourth-order valence-corrected chi connectivity index (χ4v) is 1.93. The number of rotatable bonds is 2. The number of hydrogen-bond donors (Lipinski definition) is 0. The van der Waals surface area contributed by atoms with Crippen LogP contribution in [0.1, 0.15) is 11.1 Å². The first-order valence-electron chi connectivity index (χ1n) is 6.55. The van der Waals surface area contributed by atoms with Crippen molar-refractivity contribution in [2.45, 2.75) is 0 Å². The van der Waals surface area contributed by atoms with E-state index in [1.807, 2.05) is 6.07 Å². The van der Waals surface area contributed by atoms with E-state index in [0.29, 0.717) is 16.8 Å². The quantitative estimate of drug-likeness (QED) is 0.308. The molecule has 0 radical (unpaired) electrons. The third-order valence-electron chi connectivity index (χ3n) is 3.02. The van der Waals surface area contributed by atoms with Crippen LogP contribution in [-0.4, -0.2) is 10.2 Å². The molecule has 23 heavy (non-hydrogen) atoms. The molecule has 0 amide bonds. The van der Waals surface area contributed by atoms with E-state index in [0.717, 1.165) is 0 Å². The average molecular weight is 307 g/mol. The summed E-state index contributed by atoms with van der Waals surface area (Å²) in [5.74, 6) is 5.33. The lowest BCUT2D eigenvalue weighted by Crippen LogP contribution is -2.32. The van der Waals surface area contributed by atoms with Crippen LogP contribution in [0.25, 0.3) is 5.69 Å². The number of nitro benzene ring substituents is 1. The first-order chi connectivity index (χ1) is 11.1. The Morgan fingerprint density at radius 2 is 1.83 bits per heavy atom. The standard InChI is InChI=1S/C16H9N3O4/c20-16-11-18(17-23-16)15-4-2-1-3-13(15)8-5-12-6-9-14(10-7-12)19(21)22/h1-4,6-7,9-11H. The summed E-state index contributed by atoms with van der Waals surface area (Å²) in [7, 11) is 0. The molecule has 2 aromatic carbocycles. The topological polar surface area (TPSA) is 96.1 Å². The Hall–Kier alpha value is -3.66. The van der Waals surface area contributed by atoms with Gasteiger partial charge in [0.05, 0.1) is 15.8 Å². The molecule has 0 atom stereocenters. The Kier molecular flexibility index (Phi) is 3.72. The first-order valence-corrected chi connectivity index (χ1v) is 6.55. The van der Waals surface area contributed by atoms with E-state index in [1.165, 1.54) is 23.0 Å². The van der Waals surface area contributed by atoms with Crippen LogP contribution < -0.4 is 9.79 Å². The van der Waals surface area contributed by atoms with Crippen LogP contribution in [0.3, 0.4) is 0 Å². The van der Waals surface area contributed by atoms with Gasteiger partial charge in [-0.2, -0.15) is 0 Å². The Morgan fingerprint density at radius 1 is 1.09 bits per heavy atom.